The molecule has 0 aliphatic carbocycles. The van der Waals surface area contributed by atoms with Gasteiger partial charge in [0.15, 0.2) is 23.1 Å². The maximum Gasteiger partial charge on any atom is 0.336 e. The van der Waals surface area contributed by atoms with E-state index in [1.807, 2.05) is 0 Å². The summed E-state index contributed by atoms with van der Waals surface area (Å²) in [5.41, 5.74) is -0.381. The van der Waals surface area contributed by atoms with Gasteiger partial charge in [-0.05, 0) is 60.7 Å². The first-order chi connectivity index (χ1) is 15.7. The second-order valence-electron chi connectivity index (χ2n) is 7.21. The summed E-state index contributed by atoms with van der Waals surface area (Å²) in [6, 6.07) is 13.9. The first kappa shape index (κ1) is 23.1. The lowest BCUT2D eigenvalue weighted by molar-refractivity contribution is 0.0689. The number of benzene rings is 3. The third kappa shape index (κ3) is 5.56. The second kappa shape index (κ2) is 9.69. The van der Waals surface area contributed by atoms with Gasteiger partial charge in [0.05, 0.1) is 18.4 Å². The van der Waals surface area contributed by atoms with Crippen LogP contribution in [0.15, 0.2) is 66.7 Å². The summed E-state index contributed by atoms with van der Waals surface area (Å²) in [6.07, 6.45) is -1.17. The van der Waals surface area contributed by atoms with E-state index in [1.54, 1.807) is 0 Å². The highest BCUT2D eigenvalue weighted by Gasteiger charge is 2.23. The number of carbonyl (C=O) groups is 5. The quantitative estimate of drug-likeness (QED) is 0.333. The molecule has 0 spiro atoms. The first-order valence-corrected chi connectivity index (χ1v) is 9.74. The molecule has 3 aromatic carbocycles. The van der Waals surface area contributed by atoms with Crippen molar-refractivity contribution < 1.29 is 39.3 Å². The summed E-state index contributed by atoms with van der Waals surface area (Å²) < 4.78 is 0. The van der Waals surface area contributed by atoms with Crippen LogP contribution in [-0.2, 0) is 0 Å². The molecule has 0 saturated heterocycles. The summed E-state index contributed by atoms with van der Waals surface area (Å²) in [5, 5.41) is 28.0. The van der Waals surface area contributed by atoms with Crippen molar-refractivity contribution in [2.45, 2.75) is 12.8 Å². The molecule has 0 heterocycles. The molecule has 166 valence electrons. The number of carbonyl (C=O) groups excluding carboxylic acids is 4. The number of rotatable bonds is 9. The van der Waals surface area contributed by atoms with Gasteiger partial charge in [0.1, 0.15) is 11.5 Å². The van der Waals surface area contributed by atoms with Crippen LogP contribution in [0.2, 0.25) is 0 Å². The van der Waals surface area contributed by atoms with E-state index < -0.39 is 41.9 Å². The molecule has 3 rings (SSSR count). The Hall–Kier alpha value is -4.59. The van der Waals surface area contributed by atoms with Gasteiger partial charge < -0.3 is 15.3 Å². The number of hydrogen-bond donors (Lipinski definition) is 3. The molecule has 0 saturated carbocycles. The van der Waals surface area contributed by atoms with Crippen molar-refractivity contribution in [1.82, 2.24) is 0 Å². The zero-order valence-corrected chi connectivity index (χ0v) is 17.1. The van der Waals surface area contributed by atoms with Gasteiger partial charge in [-0.3, -0.25) is 19.2 Å². The van der Waals surface area contributed by atoms with E-state index in [0.29, 0.717) is 0 Å². The monoisotopic (exact) mass is 446 g/mol. The van der Waals surface area contributed by atoms with E-state index in [0.717, 1.165) is 12.1 Å². The fraction of sp³-hybridized carbons (Fsp3) is 0.0800. The molecule has 0 aliphatic heterocycles. The molecule has 3 N–H and O–H groups in total. The Labute approximate surface area is 187 Å². The van der Waals surface area contributed by atoms with Gasteiger partial charge in [0.2, 0.25) is 0 Å². The van der Waals surface area contributed by atoms with E-state index in [4.69, 9.17) is 0 Å². The molecule has 33 heavy (non-hydrogen) atoms. The van der Waals surface area contributed by atoms with Crippen LogP contribution in [0.4, 0.5) is 0 Å². The van der Waals surface area contributed by atoms with Crippen molar-refractivity contribution in [3.63, 3.8) is 0 Å². The lowest BCUT2D eigenvalue weighted by Gasteiger charge is -2.08. The van der Waals surface area contributed by atoms with Gasteiger partial charge in [-0.15, -0.1) is 0 Å². The smallest absolute Gasteiger partial charge is 0.336 e. The number of phenolic OH excluding ortho intramolecular Hbond substituents is 2. The number of carboxylic acids is 1. The largest absolute Gasteiger partial charge is 0.508 e. The minimum atomic E-state index is -1.41. The molecule has 3 aromatic rings. The van der Waals surface area contributed by atoms with Gasteiger partial charge in [-0.25, -0.2) is 4.79 Å². The molecule has 0 amide bonds. The molecule has 8 heteroatoms. The molecular weight excluding hydrogens is 428 g/mol. The zero-order valence-electron chi connectivity index (χ0n) is 17.1. The SMILES string of the molecule is O=C(CC(=O)c1ccc(C(=O)O)c(C(=O)CC(=O)c2ccc(O)cc2)c1)c1ccc(O)cc1. The normalized spacial score (nSPS) is 10.4. The van der Waals surface area contributed by atoms with E-state index in [2.05, 4.69) is 0 Å². The summed E-state index contributed by atoms with van der Waals surface area (Å²) >= 11 is 0. The maximum atomic E-state index is 12.7. The molecule has 0 aromatic heterocycles. The lowest BCUT2D eigenvalue weighted by Crippen LogP contribution is -2.15. The zero-order chi connectivity index (χ0) is 24.1. The number of phenols is 2. The van der Waals surface area contributed by atoms with Crippen LogP contribution >= 0.6 is 0 Å². The number of aromatic carboxylic acids is 1. The van der Waals surface area contributed by atoms with E-state index in [1.165, 1.54) is 54.6 Å². The van der Waals surface area contributed by atoms with Crippen molar-refractivity contribution in [3.8, 4) is 11.5 Å². The predicted octanol–water partition coefficient (Wildman–Crippen LogP) is 3.71. The first-order valence-electron chi connectivity index (χ1n) is 9.74. The van der Waals surface area contributed by atoms with Crippen LogP contribution in [0.25, 0.3) is 0 Å². The fourth-order valence-electron chi connectivity index (χ4n) is 3.12. The fourth-order valence-corrected chi connectivity index (χ4v) is 3.12. The number of ketones is 4. The summed E-state index contributed by atoms with van der Waals surface area (Å²) in [4.78, 5) is 61.6. The van der Waals surface area contributed by atoms with E-state index in [9.17, 15) is 39.3 Å². The van der Waals surface area contributed by atoms with Crippen LogP contribution < -0.4 is 0 Å². The molecule has 8 nitrogen and oxygen atoms in total. The molecule has 0 fully saturated rings. The lowest BCUT2D eigenvalue weighted by atomic mass is 9.93. The third-order valence-electron chi connectivity index (χ3n) is 4.89. The summed E-state index contributed by atoms with van der Waals surface area (Å²) in [7, 11) is 0. The van der Waals surface area contributed by atoms with Gasteiger partial charge >= 0.3 is 5.97 Å². The molecule has 0 bridgehead atoms. The summed E-state index contributed by atoms with van der Waals surface area (Å²) in [5.74, 6) is -4.04. The highest BCUT2D eigenvalue weighted by atomic mass is 16.4. The van der Waals surface area contributed by atoms with Crippen LogP contribution in [0.1, 0.15) is 64.6 Å². The molecular formula is C25H18O8. The van der Waals surface area contributed by atoms with Crippen molar-refractivity contribution in [1.29, 1.82) is 0 Å². The topological polar surface area (TPSA) is 146 Å². The standard InChI is InChI=1S/C25H18O8/c26-17-6-1-14(2-7-17)21(28)12-23(30)16-5-10-19(25(32)33)20(11-16)24(31)13-22(29)15-3-8-18(27)9-4-15/h1-11,26-27H,12-13H2,(H,32,33). The highest BCUT2D eigenvalue weighted by Crippen LogP contribution is 2.19. The predicted molar refractivity (Wildman–Crippen MR) is 116 cm³/mol. The number of Topliss-reactive ketones (excluding diaryl/α,β-unsaturated/α-hetero) is 4. The number of hydrogen-bond acceptors (Lipinski definition) is 7. The second-order valence-corrected chi connectivity index (χ2v) is 7.21. The van der Waals surface area contributed by atoms with Gasteiger partial charge in [-0.1, -0.05) is 6.07 Å². The van der Waals surface area contributed by atoms with Crippen molar-refractivity contribution in [2.75, 3.05) is 0 Å². The Balaban J connectivity index is 1.83. The molecule has 0 aliphatic rings. The Kier molecular flexibility index (Phi) is 6.78. The van der Waals surface area contributed by atoms with E-state index >= 15 is 0 Å². The molecule has 0 atom stereocenters. The van der Waals surface area contributed by atoms with Crippen molar-refractivity contribution >= 4 is 29.1 Å². The minimum Gasteiger partial charge on any atom is -0.508 e. The van der Waals surface area contributed by atoms with Crippen LogP contribution in [0.3, 0.4) is 0 Å². The van der Waals surface area contributed by atoms with Gasteiger partial charge in [-0.2, -0.15) is 0 Å². The van der Waals surface area contributed by atoms with Crippen LogP contribution in [0, 0.1) is 0 Å². The van der Waals surface area contributed by atoms with Gasteiger partial charge in [0.25, 0.3) is 0 Å². The van der Waals surface area contributed by atoms with Crippen LogP contribution in [0.5, 0.6) is 11.5 Å². The Morgan fingerprint density at radius 1 is 0.515 bits per heavy atom. The minimum absolute atomic E-state index is 0.0351. The average Bonchev–Trinajstić information content (AvgIpc) is 2.79. The number of carboxylic acid groups (broad SMARTS) is 1. The molecule has 0 unspecified atom stereocenters. The van der Waals surface area contributed by atoms with Gasteiger partial charge in [0, 0.05) is 22.3 Å². The van der Waals surface area contributed by atoms with E-state index in [-0.39, 0.29) is 39.3 Å². The maximum absolute atomic E-state index is 12.7. The van der Waals surface area contributed by atoms with Crippen molar-refractivity contribution in [3.05, 3.63) is 94.5 Å². The Bertz CT molecular complexity index is 1250. The third-order valence-corrected chi connectivity index (χ3v) is 4.89. The molecule has 0 radical (unpaired) electrons. The number of aromatic hydroxyl groups is 2. The summed E-state index contributed by atoms with van der Waals surface area (Å²) in [6.45, 7) is 0. The van der Waals surface area contributed by atoms with Crippen molar-refractivity contribution in [2.24, 2.45) is 0 Å². The Morgan fingerprint density at radius 2 is 0.909 bits per heavy atom. The average molecular weight is 446 g/mol. The Morgan fingerprint density at radius 3 is 1.36 bits per heavy atom. The highest BCUT2D eigenvalue weighted by molar-refractivity contribution is 6.18. The van der Waals surface area contributed by atoms with Crippen LogP contribution in [-0.4, -0.2) is 44.4 Å².